The van der Waals surface area contributed by atoms with Gasteiger partial charge in [0, 0.05) is 12.0 Å². The summed E-state index contributed by atoms with van der Waals surface area (Å²) >= 11 is 0. The van der Waals surface area contributed by atoms with Crippen molar-refractivity contribution in [3.63, 3.8) is 0 Å². The highest BCUT2D eigenvalue weighted by Crippen LogP contribution is 2.35. The van der Waals surface area contributed by atoms with Gasteiger partial charge in [0.15, 0.2) is 0 Å². The van der Waals surface area contributed by atoms with Gasteiger partial charge in [0.1, 0.15) is 0 Å². The van der Waals surface area contributed by atoms with E-state index >= 15 is 0 Å². The molecule has 0 aliphatic heterocycles. The normalized spacial score (nSPS) is 13.7. The lowest BCUT2D eigenvalue weighted by atomic mass is 9.76. The molecular formula is C24H44O4. The van der Waals surface area contributed by atoms with Gasteiger partial charge in [-0.25, -0.2) is 4.79 Å². The van der Waals surface area contributed by atoms with Crippen molar-refractivity contribution in [3.8, 4) is 0 Å². The number of aliphatic carboxylic acids is 2. The minimum Gasteiger partial charge on any atom is -0.481 e. The highest BCUT2D eigenvalue weighted by molar-refractivity contribution is 5.87. The number of allylic oxidation sites excluding steroid dienone is 1. The molecule has 0 spiro atoms. The van der Waals surface area contributed by atoms with E-state index in [2.05, 4.69) is 34.6 Å². The molecule has 1 atom stereocenters. The van der Waals surface area contributed by atoms with E-state index in [1.165, 1.54) is 19.3 Å². The number of hydrogen-bond donors (Lipinski definition) is 2. The second-order valence-corrected chi connectivity index (χ2v) is 8.76. The van der Waals surface area contributed by atoms with Gasteiger partial charge in [0.2, 0.25) is 0 Å². The molecule has 0 aliphatic carbocycles. The van der Waals surface area contributed by atoms with Crippen LogP contribution in [0.15, 0.2) is 11.1 Å². The third-order valence-electron chi connectivity index (χ3n) is 5.62. The van der Waals surface area contributed by atoms with Gasteiger partial charge in [-0.1, -0.05) is 85.1 Å². The summed E-state index contributed by atoms with van der Waals surface area (Å²) in [6.45, 7) is 10.8. The van der Waals surface area contributed by atoms with Crippen molar-refractivity contribution >= 4 is 11.9 Å². The quantitative estimate of drug-likeness (QED) is 0.203. The predicted octanol–water partition coefficient (Wildman–Crippen LogP) is 7.08. The van der Waals surface area contributed by atoms with Crippen LogP contribution in [0.5, 0.6) is 0 Å². The first-order chi connectivity index (χ1) is 13.2. The number of carboxylic acid groups (broad SMARTS) is 2. The number of carbonyl (C=O) groups is 2. The molecule has 1 unspecified atom stereocenters. The highest BCUT2D eigenvalue weighted by atomic mass is 16.4. The molecule has 0 saturated carbocycles. The minimum atomic E-state index is -0.744. The SMILES string of the molecule is CCCCCCCC(C(=O)O)=C(C(C)C)C(CCCCCCC(=O)O)C(C)C. The van der Waals surface area contributed by atoms with Gasteiger partial charge in [-0.05, 0) is 43.4 Å². The maximum Gasteiger partial charge on any atom is 0.331 e. The standard InChI is InChI=1S/C24H44O4/c1-6-7-8-9-13-16-21(24(27)28)23(19(4)5)20(18(2)3)15-12-10-11-14-17-22(25)26/h18-20H,6-17H2,1-5H3,(H,25,26)(H,27,28). The van der Waals surface area contributed by atoms with E-state index < -0.39 is 11.9 Å². The molecule has 0 aromatic heterocycles. The summed E-state index contributed by atoms with van der Waals surface area (Å²) in [4.78, 5) is 22.7. The molecule has 0 bridgehead atoms. The summed E-state index contributed by atoms with van der Waals surface area (Å²) in [7, 11) is 0. The average Bonchev–Trinajstić information content (AvgIpc) is 2.60. The largest absolute Gasteiger partial charge is 0.481 e. The van der Waals surface area contributed by atoms with Crippen LogP contribution in [0.1, 0.15) is 112 Å². The Kier molecular flexibility index (Phi) is 14.9. The van der Waals surface area contributed by atoms with E-state index in [9.17, 15) is 14.7 Å². The van der Waals surface area contributed by atoms with Gasteiger partial charge in [0.25, 0.3) is 0 Å². The van der Waals surface area contributed by atoms with Crippen LogP contribution in [0.25, 0.3) is 0 Å². The first-order valence-corrected chi connectivity index (χ1v) is 11.4. The molecule has 28 heavy (non-hydrogen) atoms. The zero-order valence-electron chi connectivity index (χ0n) is 18.9. The Morgan fingerprint density at radius 1 is 0.750 bits per heavy atom. The van der Waals surface area contributed by atoms with Crippen LogP contribution in [0.2, 0.25) is 0 Å². The Labute approximate surface area is 172 Å². The molecule has 4 nitrogen and oxygen atoms in total. The Hall–Kier alpha value is -1.32. The zero-order valence-corrected chi connectivity index (χ0v) is 18.9. The van der Waals surface area contributed by atoms with E-state index in [-0.39, 0.29) is 12.3 Å². The molecule has 0 radical (unpaired) electrons. The summed E-state index contributed by atoms with van der Waals surface area (Å²) in [6, 6.07) is 0. The topological polar surface area (TPSA) is 74.6 Å². The lowest BCUT2D eigenvalue weighted by molar-refractivity contribution is -0.137. The smallest absolute Gasteiger partial charge is 0.331 e. The number of rotatable bonds is 17. The fourth-order valence-corrected chi connectivity index (χ4v) is 4.12. The second kappa shape index (κ2) is 15.6. The Balaban J connectivity index is 5.06. The van der Waals surface area contributed by atoms with E-state index in [4.69, 9.17) is 5.11 Å². The Morgan fingerprint density at radius 3 is 1.75 bits per heavy atom. The first kappa shape index (κ1) is 26.7. The highest BCUT2D eigenvalue weighted by Gasteiger charge is 2.26. The molecule has 0 fully saturated rings. The summed E-state index contributed by atoms with van der Waals surface area (Å²) in [6.07, 6.45) is 11.3. The summed E-state index contributed by atoms with van der Waals surface area (Å²) in [5.41, 5.74) is 1.79. The van der Waals surface area contributed by atoms with Gasteiger partial charge in [-0.3, -0.25) is 4.79 Å². The van der Waals surface area contributed by atoms with Crippen LogP contribution in [0, 0.1) is 17.8 Å². The van der Waals surface area contributed by atoms with Crippen LogP contribution in [-0.4, -0.2) is 22.2 Å². The molecule has 0 amide bonds. The predicted molar refractivity (Wildman–Crippen MR) is 117 cm³/mol. The molecule has 164 valence electrons. The molecule has 0 aromatic rings. The fourth-order valence-electron chi connectivity index (χ4n) is 4.12. The zero-order chi connectivity index (χ0) is 21.5. The molecule has 2 N–H and O–H groups in total. The van der Waals surface area contributed by atoms with Crippen molar-refractivity contribution in [2.24, 2.45) is 17.8 Å². The van der Waals surface area contributed by atoms with Crippen molar-refractivity contribution in [2.45, 2.75) is 112 Å². The monoisotopic (exact) mass is 396 g/mol. The third-order valence-corrected chi connectivity index (χ3v) is 5.62. The maximum absolute atomic E-state index is 12.1. The molecule has 0 aromatic carbocycles. The maximum atomic E-state index is 12.1. The molecule has 4 heteroatoms. The van der Waals surface area contributed by atoms with Crippen molar-refractivity contribution < 1.29 is 19.8 Å². The first-order valence-electron chi connectivity index (χ1n) is 11.4. The van der Waals surface area contributed by atoms with Crippen molar-refractivity contribution in [1.82, 2.24) is 0 Å². The van der Waals surface area contributed by atoms with Gasteiger partial charge >= 0.3 is 11.9 Å². The fraction of sp³-hybridized carbons (Fsp3) is 0.833. The van der Waals surface area contributed by atoms with Crippen LogP contribution in [-0.2, 0) is 9.59 Å². The van der Waals surface area contributed by atoms with Crippen LogP contribution in [0.4, 0.5) is 0 Å². The van der Waals surface area contributed by atoms with Crippen LogP contribution >= 0.6 is 0 Å². The van der Waals surface area contributed by atoms with Crippen molar-refractivity contribution in [2.75, 3.05) is 0 Å². The van der Waals surface area contributed by atoms with E-state index in [1.807, 2.05) is 0 Å². The van der Waals surface area contributed by atoms with E-state index in [1.54, 1.807) is 0 Å². The average molecular weight is 397 g/mol. The number of unbranched alkanes of at least 4 members (excludes halogenated alkanes) is 7. The second-order valence-electron chi connectivity index (χ2n) is 8.76. The van der Waals surface area contributed by atoms with Crippen LogP contribution < -0.4 is 0 Å². The van der Waals surface area contributed by atoms with Gasteiger partial charge in [0.05, 0.1) is 0 Å². The van der Waals surface area contributed by atoms with Crippen molar-refractivity contribution in [1.29, 1.82) is 0 Å². The minimum absolute atomic E-state index is 0.237. The Morgan fingerprint density at radius 2 is 1.29 bits per heavy atom. The van der Waals surface area contributed by atoms with Crippen LogP contribution in [0.3, 0.4) is 0 Å². The van der Waals surface area contributed by atoms with E-state index in [0.717, 1.165) is 50.5 Å². The van der Waals surface area contributed by atoms with Gasteiger partial charge in [-0.15, -0.1) is 0 Å². The van der Waals surface area contributed by atoms with Gasteiger partial charge in [-0.2, -0.15) is 0 Å². The Bertz CT molecular complexity index is 477. The van der Waals surface area contributed by atoms with Gasteiger partial charge < -0.3 is 10.2 Å². The number of hydrogen-bond acceptors (Lipinski definition) is 2. The summed E-state index contributed by atoms with van der Waals surface area (Å²) < 4.78 is 0. The van der Waals surface area contributed by atoms with Crippen molar-refractivity contribution in [3.05, 3.63) is 11.1 Å². The lowest BCUT2D eigenvalue weighted by Gasteiger charge is -2.29. The summed E-state index contributed by atoms with van der Waals surface area (Å²) in [5.74, 6) is -0.533. The molecule has 0 rings (SSSR count). The van der Waals surface area contributed by atoms with E-state index in [0.29, 0.717) is 23.8 Å². The molecule has 0 aliphatic rings. The lowest BCUT2D eigenvalue weighted by Crippen LogP contribution is -2.21. The number of carboxylic acids is 2. The molecule has 0 heterocycles. The molecule has 0 saturated heterocycles. The third kappa shape index (κ3) is 11.5. The molecular weight excluding hydrogens is 352 g/mol. The summed E-state index contributed by atoms with van der Waals surface area (Å²) in [5, 5.41) is 18.6.